The van der Waals surface area contributed by atoms with Crippen molar-refractivity contribution < 1.29 is 4.52 Å². The van der Waals surface area contributed by atoms with E-state index in [1.54, 1.807) is 0 Å². The van der Waals surface area contributed by atoms with Crippen molar-refractivity contribution in [1.82, 2.24) is 29.2 Å². The third-order valence-corrected chi connectivity index (χ3v) is 5.03. The molecule has 4 aromatic rings. The smallest absolute Gasteiger partial charge is 0.332 e. The van der Waals surface area contributed by atoms with E-state index in [1.165, 1.54) is 4.57 Å². The zero-order valence-electron chi connectivity index (χ0n) is 17.0. The Balaban J connectivity index is 1.49. The van der Waals surface area contributed by atoms with Crippen LogP contribution in [-0.4, -0.2) is 35.8 Å². The number of unbranched alkanes of at least 4 members (excludes halogenated alkanes) is 1. The second kappa shape index (κ2) is 9.17. The number of aromatic nitrogens is 6. The number of fused-ring (bicyclic) bond motifs is 1. The molecule has 4 rings (SSSR count). The maximum atomic E-state index is 12.9. The van der Waals surface area contributed by atoms with E-state index in [2.05, 4.69) is 25.4 Å². The summed E-state index contributed by atoms with van der Waals surface area (Å²) in [7, 11) is 0. The van der Waals surface area contributed by atoms with Gasteiger partial charge in [-0.25, -0.2) is 4.79 Å². The van der Waals surface area contributed by atoms with Gasteiger partial charge < -0.3 is 14.8 Å². The van der Waals surface area contributed by atoms with Gasteiger partial charge in [-0.1, -0.05) is 48.8 Å². The average Bonchev–Trinajstić information content (AvgIpc) is 3.37. The Morgan fingerprint density at radius 2 is 1.94 bits per heavy atom. The van der Waals surface area contributed by atoms with Crippen LogP contribution >= 0.6 is 11.6 Å². The fourth-order valence-electron chi connectivity index (χ4n) is 3.30. The molecule has 11 heteroatoms. The summed E-state index contributed by atoms with van der Waals surface area (Å²) in [5, 5.41) is 7.00. The molecule has 0 saturated heterocycles. The van der Waals surface area contributed by atoms with Gasteiger partial charge in [-0.3, -0.25) is 13.9 Å². The van der Waals surface area contributed by atoms with Crippen molar-refractivity contribution in [1.29, 1.82) is 0 Å². The zero-order chi connectivity index (χ0) is 21.8. The van der Waals surface area contributed by atoms with Crippen LogP contribution < -0.4 is 16.6 Å². The number of hydrogen-bond acceptors (Lipinski definition) is 7. The summed E-state index contributed by atoms with van der Waals surface area (Å²) in [6.45, 7) is 2.85. The lowest BCUT2D eigenvalue weighted by atomic mass is 10.1. The van der Waals surface area contributed by atoms with Crippen LogP contribution in [-0.2, 0) is 19.5 Å². The van der Waals surface area contributed by atoms with Crippen LogP contribution in [0.15, 0.2) is 44.4 Å². The van der Waals surface area contributed by atoms with E-state index in [0.717, 1.165) is 23.0 Å². The lowest BCUT2D eigenvalue weighted by Crippen LogP contribution is -2.41. The number of rotatable bonds is 9. The van der Waals surface area contributed by atoms with Crippen LogP contribution in [0.5, 0.6) is 0 Å². The van der Waals surface area contributed by atoms with Gasteiger partial charge in [0.2, 0.25) is 5.28 Å². The average molecular weight is 444 g/mol. The molecule has 0 radical (unpaired) electrons. The summed E-state index contributed by atoms with van der Waals surface area (Å²) >= 11 is 5.94. The van der Waals surface area contributed by atoms with E-state index in [4.69, 9.17) is 16.1 Å². The molecule has 0 aliphatic carbocycles. The van der Waals surface area contributed by atoms with E-state index in [-0.39, 0.29) is 35.6 Å². The predicted molar refractivity (Wildman–Crippen MR) is 117 cm³/mol. The number of imidazole rings is 1. The van der Waals surface area contributed by atoms with Crippen LogP contribution in [0.3, 0.4) is 0 Å². The Morgan fingerprint density at radius 1 is 1.13 bits per heavy atom. The number of benzene rings is 1. The van der Waals surface area contributed by atoms with Crippen molar-refractivity contribution in [2.45, 2.75) is 39.3 Å². The fraction of sp³-hybridized carbons (Fsp3) is 0.350. The number of aromatic amines is 1. The monoisotopic (exact) mass is 443 g/mol. The van der Waals surface area contributed by atoms with E-state index in [1.807, 2.05) is 37.3 Å². The van der Waals surface area contributed by atoms with Gasteiger partial charge in [0.1, 0.15) is 0 Å². The fourth-order valence-corrected chi connectivity index (χ4v) is 3.48. The van der Waals surface area contributed by atoms with E-state index < -0.39 is 11.2 Å². The van der Waals surface area contributed by atoms with Crippen LogP contribution in [0.2, 0.25) is 5.28 Å². The van der Waals surface area contributed by atoms with Gasteiger partial charge in [0.25, 0.3) is 5.56 Å². The summed E-state index contributed by atoms with van der Waals surface area (Å²) in [4.78, 5) is 36.8. The molecule has 10 nitrogen and oxygen atoms in total. The van der Waals surface area contributed by atoms with E-state index >= 15 is 0 Å². The quantitative estimate of drug-likeness (QED) is 0.381. The van der Waals surface area contributed by atoms with E-state index in [0.29, 0.717) is 18.8 Å². The first-order valence-electron chi connectivity index (χ1n) is 10.1. The van der Waals surface area contributed by atoms with Crippen LogP contribution in [0.1, 0.15) is 31.2 Å². The van der Waals surface area contributed by atoms with Crippen molar-refractivity contribution in [3.63, 3.8) is 0 Å². The summed E-state index contributed by atoms with van der Waals surface area (Å²) in [5.41, 5.74) is 0.666. The predicted octanol–water partition coefficient (Wildman–Crippen LogP) is 2.43. The molecule has 2 N–H and O–H groups in total. The highest BCUT2D eigenvalue weighted by Gasteiger charge is 2.17. The van der Waals surface area contributed by atoms with Gasteiger partial charge in [0.05, 0.1) is 0 Å². The minimum Gasteiger partial charge on any atom is -0.336 e. The number of halogens is 1. The number of anilines is 1. The number of aryl methyl sites for hydroxylation is 1. The van der Waals surface area contributed by atoms with Crippen molar-refractivity contribution in [3.8, 4) is 0 Å². The third kappa shape index (κ3) is 4.53. The Morgan fingerprint density at radius 3 is 2.71 bits per heavy atom. The molecule has 0 fully saturated rings. The maximum absolute atomic E-state index is 12.9. The van der Waals surface area contributed by atoms with Gasteiger partial charge >= 0.3 is 11.7 Å². The first-order chi connectivity index (χ1) is 15.1. The highest BCUT2D eigenvalue weighted by molar-refractivity contribution is 6.28. The molecule has 0 bridgehead atoms. The molecular formula is C20H22ClN7O3. The van der Waals surface area contributed by atoms with E-state index in [9.17, 15) is 9.59 Å². The zero-order valence-corrected chi connectivity index (χ0v) is 17.7. The Labute approximate surface area is 181 Å². The molecule has 0 amide bonds. The minimum atomic E-state index is -0.468. The van der Waals surface area contributed by atoms with Gasteiger partial charge in [0, 0.05) is 26.1 Å². The largest absolute Gasteiger partial charge is 0.336 e. The summed E-state index contributed by atoms with van der Waals surface area (Å²) in [6, 6.07) is 10.0. The molecule has 162 valence electrons. The van der Waals surface area contributed by atoms with Gasteiger partial charge in [-0.05, 0) is 23.6 Å². The first-order valence-corrected chi connectivity index (χ1v) is 10.4. The van der Waals surface area contributed by atoms with Gasteiger partial charge in [-0.15, -0.1) is 0 Å². The summed E-state index contributed by atoms with van der Waals surface area (Å²) in [5.74, 6) is 0.543. The van der Waals surface area contributed by atoms with Crippen molar-refractivity contribution in [2.24, 2.45) is 0 Å². The lowest BCUT2D eigenvalue weighted by molar-refractivity contribution is 0.422. The van der Waals surface area contributed by atoms with Gasteiger partial charge in [0.15, 0.2) is 17.0 Å². The number of hydrogen-bond donors (Lipinski definition) is 2. The van der Waals surface area contributed by atoms with Crippen molar-refractivity contribution >= 4 is 28.8 Å². The molecule has 0 unspecified atom stereocenters. The second-order valence-corrected chi connectivity index (χ2v) is 7.43. The Kier molecular flexibility index (Phi) is 6.17. The highest BCUT2D eigenvalue weighted by Crippen LogP contribution is 2.11. The molecule has 31 heavy (non-hydrogen) atoms. The number of nitrogens with one attached hydrogen (secondary N) is 2. The standard InChI is InChI=1S/C20H22ClN7O3/c1-2-3-10-27-16-15(24-18(21)25-16)17(29)28(20(27)30)11-9-22-19-23-14(26-31-19)12-13-7-5-4-6-8-13/h4-8H,2-3,9-12H2,1H3,(H,24,25)(H,22,23,26). The molecule has 0 atom stereocenters. The van der Waals surface area contributed by atoms with Crippen LogP contribution in [0.4, 0.5) is 6.01 Å². The maximum Gasteiger partial charge on any atom is 0.332 e. The first kappa shape index (κ1) is 20.9. The highest BCUT2D eigenvalue weighted by atomic mass is 35.5. The van der Waals surface area contributed by atoms with Gasteiger partial charge in [-0.2, -0.15) is 9.97 Å². The SMILES string of the molecule is CCCCn1c(=O)n(CCNc2nc(Cc3ccccc3)no2)c(=O)c2[nH]c(Cl)nc21. The third-order valence-electron chi connectivity index (χ3n) is 4.85. The molecule has 0 saturated carbocycles. The summed E-state index contributed by atoms with van der Waals surface area (Å²) in [6.07, 6.45) is 2.22. The second-order valence-electron chi connectivity index (χ2n) is 7.08. The van der Waals surface area contributed by atoms with Crippen LogP contribution in [0, 0.1) is 0 Å². The lowest BCUT2D eigenvalue weighted by Gasteiger charge is -2.10. The molecule has 0 aliphatic rings. The molecule has 3 heterocycles. The minimum absolute atomic E-state index is 0.0735. The number of H-pyrrole nitrogens is 1. The normalized spacial score (nSPS) is 11.3. The Hall–Kier alpha value is -3.40. The molecule has 3 aromatic heterocycles. The van der Waals surface area contributed by atoms with Crippen molar-refractivity contribution in [3.05, 3.63) is 67.8 Å². The summed E-state index contributed by atoms with van der Waals surface area (Å²) < 4.78 is 7.84. The topological polar surface area (TPSA) is 124 Å². The molecular weight excluding hydrogens is 422 g/mol. The van der Waals surface area contributed by atoms with Crippen LogP contribution in [0.25, 0.3) is 11.2 Å². The Bertz CT molecular complexity index is 1290. The molecule has 0 aliphatic heterocycles. The number of nitrogens with zero attached hydrogens (tertiary/aromatic N) is 5. The van der Waals surface area contributed by atoms with Crippen molar-refractivity contribution in [2.75, 3.05) is 11.9 Å². The molecule has 1 aromatic carbocycles. The molecule has 0 spiro atoms.